The van der Waals surface area contributed by atoms with Gasteiger partial charge in [-0.2, -0.15) is 5.10 Å². The van der Waals surface area contributed by atoms with Crippen molar-refractivity contribution in [2.75, 3.05) is 14.2 Å². The number of H-pyrrole nitrogens is 1. The second-order valence-corrected chi connectivity index (χ2v) is 6.71. The molecule has 0 spiro atoms. The lowest BCUT2D eigenvalue weighted by Gasteiger charge is -2.19. The molecule has 0 amide bonds. The number of esters is 1. The van der Waals surface area contributed by atoms with Crippen LogP contribution in [0, 0.1) is 6.92 Å². The van der Waals surface area contributed by atoms with Gasteiger partial charge in [0.1, 0.15) is 11.5 Å². The first-order chi connectivity index (χ1) is 13.9. The highest BCUT2D eigenvalue weighted by Gasteiger charge is 2.29. The number of carbonyl (C=O) groups excluding carboxylic acids is 1. The van der Waals surface area contributed by atoms with Gasteiger partial charge < -0.3 is 19.1 Å². The van der Waals surface area contributed by atoms with E-state index in [2.05, 4.69) is 10.2 Å². The van der Waals surface area contributed by atoms with E-state index in [9.17, 15) is 14.7 Å². The molecular weight excluding hydrogens is 374 g/mol. The molecule has 0 aliphatic carbocycles. The number of aryl methyl sites for hydroxylation is 1. The maximum atomic E-state index is 13.0. The van der Waals surface area contributed by atoms with E-state index in [0.717, 1.165) is 5.56 Å². The zero-order valence-electron chi connectivity index (χ0n) is 16.7. The smallest absolute Gasteiger partial charge is 0.306 e. The molecule has 2 aromatic heterocycles. The van der Waals surface area contributed by atoms with E-state index in [4.69, 9.17) is 9.47 Å². The topological polar surface area (TPSA) is 106 Å². The number of nitrogens with one attached hydrogen (secondary N) is 1. The van der Waals surface area contributed by atoms with Crippen LogP contribution in [0.15, 0.2) is 41.3 Å². The Hall–Kier alpha value is -3.55. The van der Waals surface area contributed by atoms with Gasteiger partial charge in [0.15, 0.2) is 0 Å². The zero-order chi connectivity index (χ0) is 21.1. The molecule has 1 aromatic carbocycles. The fraction of sp³-hybridized carbons (Fsp3) is 0.286. The molecule has 0 saturated carbocycles. The van der Waals surface area contributed by atoms with Gasteiger partial charge in [-0.15, -0.1) is 0 Å². The summed E-state index contributed by atoms with van der Waals surface area (Å²) >= 11 is 0. The molecule has 0 radical (unpaired) electrons. The van der Waals surface area contributed by atoms with Crippen molar-refractivity contribution in [1.29, 1.82) is 0 Å². The normalized spacial score (nSPS) is 11.9. The summed E-state index contributed by atoms with van der Waals surface area (Å²) in [5.41, 5.74) is 2.41. The Morgan fingerprint density at radius 3 is 2.59 bits per heavy atom. The molecule has 0 bridgehead atoms. The lowest BCUT2D eigenvalue weighted by atomic mass is 9.87. The second kappa shape index (κ2) is 8.22. The number of pyridine rings is 1. The first-order valence-corrected chi connectivity index (χ1v) is 9.01. The van der Waals surface area contributed by atoms with Gasteiger partial charge in [0.25, 0.3) is 5.56 Å². The first-order valence-electron chi connectivity index (χ1n) is 9.01. The standard InChI is InChI=1S/C21H23N3O5/c1-12-9-17(25)19(21(27)24(12)2)15(10-18(26)29-4)16-11-22-23-20(16)13-5-7-14(28-3)8-6-13/h5-9,11,15,25H,10H2,1-4H3,(H,22,23). The predicted molar refractivity (Wildman–Crippen MR) is 107 cm³/mol. The van der Waals surface area contributed by atoms with Crippen LogP contribution in [-0.4, -0.2) is 40.1 Å². The van der Waals surface area contributed by atoms with Gasteiger partial charge in [-0.05, 0) is 37.3 Å². The largest absolute Gasteiger partial charge is 0.507 e. The number of rotatable bonds is 6. The molecule has 0 saturated heterocycles. The van der Waals surface area contributed by atoms with E-state index in [1.165, 1.54) is 17.7 Å². The van der Waals surface area contributed by atoms with Crippen molar-refractivity contribution in [1.82, 2.24) is 14.8 Å². The maximum Gasteiger partial charge on any atom is 0.306 e. The summed E-state index contributed by atoms with van der Waals surface area (Å²) < 4.78 is 11.5. The molecule has 8 nitrogen and oxygen atoms in total. The third-order valence-corrected chi connectivity index (χ3v) is 5.06. The van der Waals surface area contributed by atoms with Crippen molar-refractivity contribution in [3.8, 4) is 22.8 Å². The van der Waals surface area contributed by atoms with Gasteiger partial charge in [0, 0.05) is 29.8 Å². The Morgan fingerprint density at radius 1 is 1.28 bits per heavy atom. The number of carbonyl (C=O) groups is 1. The van der Waals surface area contributed by atoms with Gasteiger partial charge >= 0.3 is 5.97 Å². The minimum Gasteiger partial charge on any atom is -0.507 e. The highest BCUT2D eigenvalue weighted by Crippen LogP contribution is 2.37. The van der Waals surface area contributed by atoms with Crippen molar-refractivity contribution in [2.45, 2.75) is 19.3 Å². The second-order valence-electron chi connectivity index (χ2n) is 6.71. The van der Waals surface area contributed by atoms with E-state index in [1.54, 1.807) is 39.4 Å². The number of aromatic hydroxyl groups is 1. The summed E-state index contributed by atoms with van der Waals surface area (Å²) in [6.07, 6.45) is 1.44. The van der Waals surface area contributed by atoms with Crippen LogP contribution >= 0.6 is 0 Å². The molecule has 152 valence electrons. The van der Waals surface area contributed by atoms with Gasteiger partial charge in [-0.3, -0.25) is 14.7 Å². The predicted octanol–water partition coefficient (Wildman–Crippen LogP) is 2.49. The zero-order valence-corrected chi connectivity index (χ0v) is 16.7. The Morgan fingerprint density at radius 2 is 1.97 bits per heavy atom. The summed E-state index contributed by atoms with van der Waals surface area (Å²) in [7, 11) is 4.49. The minimum atomic E-state index is -0.738. The Kier molecular flexibility index (Phi) is 5.72. The molecule has 1 unspecified atom stereocenters. The fourth-order valence-electron chi connectivity index (χ4n) is 3.32. The molecule has 29 heavy (non-hydrogen) atoms. The number of ether oxygens (including phenoxy) is 2. The van der Waals surface area contributed by atoms with E-state index < -0.39 is 11.9 Å². The molecular formula is C21H23N3O5. The third kappa shape index (κ3) is 3.87. The number of hydrogen-bond acceptors (Lipinski definition) is 6. The molecule has 2 heterocycles. The van der Waals surface area contributed by atoms with Crippen LogP contribution in [-0.2, 0) is 16.6 Å². The molecule has 3 rings (SSSR count). The quantitative estimate of drug-likeness (QED) is 0.619. The molecule has 3 aromatic rings. The molecule has 0 aliphatic rings. The van der Waals surface area contributed by atoms with E-state index in [1.807, 2.05) is 12.1 Å². The maximum absolute atomic E-state index is 13.0. The van der Waals surface area contributed by atoms with Gasteiger partial charge in [-0.1, -0.05) is 0 Å². The lowest BCUT2D eigenvalue weighted by Crippen LogP contribution is -2.26. The van der Waals surface area contributed by atoms with E-state index in [-0.39, 0.29) is 23.3 Å². The van der Waals surface area contributed by atoms with E-state index >= 15 is 0 Å². The number of nitrogens with zero attached hydrogens (tertiary/aromatic N) is 2. The number of methoxy groups -OCH3 is 2. The Balaban J connectivity index is 2.18. The van der Waals surface area contributed by atoms with Crippen LogP contribution in [0.4, 0.5) is 0 Å². The number of aromatic nitrogens is 3. The highest BCUT2D eigenvalue weighted by molar-refractivity contribution is 5.73. The van der Waals surface area contributed by atoms with Crippen LogP contribution in [0.25, 0.3) is 11.3 Å². The monoisotopic (exact) mass is 397 g/mol. The third-order valence-electron chi connectivity index (χ3n) is 5.06. The van der Waals surface area contributed by atoms with Crippen LogP contribution in [0.5, 0.6) is 11.5 Å². The van der Waals surface area contributed by atoms with Crippen LogP contribution in [0.1, 0.15) is 29.2 Å². The molecule has 2 N–H and O–H groups in total. The minimum absolute atomic E-state index is 0.120. The average molecular weight is 397 g/mol. The van der Waals surface area contributed by atoms with Crippen molar-refractivity contribution < 1.29 is 19.4 Å². The molecule has 0 aliphatic heterocycles. The van der Waals surface area contributed by atoms with Crippen molar-refractivity contribution >= 4 is 5.97 Å². The fourth-order valence-corrected chi connectivity index (χ4v) is 3.32. The number of aromatic amines is 1. The van der Waals surface area contributed by atoms with Crippen molar-refractivity contribution in [2.24, 2.45) is 7.05 Å². The molecule has 1 atom stereocenters. The summed E-state index contributed by atoms with van der Waals surface area (Å²) in [6, 6.07) is 8.81. The Labute approximate surface area is 167 Å². The Bertz CT molecular complexity index is 1080. The first kappa shape index (κ1) is 20.2. The van der Waals surface area contributed by atoms with Crippen LogP contribution in [0.3, 0.4) is 0 Å². The van der Waals surface area contributed by atoms with Gasteiger partial charge in [-0.25, -0.2) is 0 Å². The SMILES string of the molecule is COC(=O)CC(c1cn[nH]c1-c1ccc(OC)cc1)c1c(O)cc(C)n(C)c1=O. The summed E-state index contributed by atoms with van der Waals surface area (Å²) in [6.45, 7) is 1.72. The van der Waals surface area contributed by atoms with Gasteiger partial charge in [0.05, 0.1) is 38.1 Å². The molecule has 8 heteroatoms. The average Bonchev–Trinajstić information content (AvgIpc) is 3.21. The molecule has 0 fully saturated rings. The summed E-state index contributed by atoms with van der Waals surface area (Å²) in [5, 5.41) is 17.6. The number of benzene rings is 1. The summed E-state index contributed by atoms with van der Waals surface area (Å²) in [5.74, 6) is -0.705. The van der Waals surface area contributed by atoms with E-state index in [0.29, 0.717) is 22.7 Å². The van der Waals surface area contributed by atoms with Gasteiger partial charge in [0.2, 0.25) is 0 Å². The van der Waals surface area contributed by atoms with Crippen molar-refractivity contribution in [3.63, 3.8) is 0 Å². The number of hydrogen-bond donors (Lipinski definition) is 2. The summed E-state index contributed by atoms with van der Waals surface area (Å²) in [4.78, 5) is 25.1. The van der Waals surface area contributed by atoms with Crippen molar-refractivity contribution in [3.05, 3.63) is 63.7 Å². The van der Waals surface area contributed by atoms with Crippen LogP contribution < -0.4 is 10.3 Å². The van der Waals surface area contributed by atoms with Crippen LogP contribution in [0.2, 0.25) is 0 Å². The highest BCUT2D eigenvalue weighted by atomic mass is 16.5. The lowest BCUT2D eigenvalue weighted by molar-refractivity contribution is -0.140.